The van der Waals surface area contributed by atoms with Crippen molar-refractivity contribution >= 4 is 11.6 Å². The number of aliphatic hydroxyl groups excluding tert-OH is 1. The van der Waals surface area contributed by atoms with Gasteiger partial charge in [0.25, 0.3) is 0 Å². The zero-order valence-electron chi connectivity index (χ0n) is 9.83. The van der Waals surface area contributed by atoms with Gasteiger partial charge in [0.15, 0.2) is 0 Å². The van der Waals surface area contributed by atoms with Crippen LogP contribution in [0.4, 0.5) is 24.8 Å². The second-order valence-corrected chi connectivity index (χ2v) is 4.24. The van der Waals surface area contributed by atoms with Crippen LogP contribution in [0.5, 0.6) is 0 Å². The quantitative estimate of drug-likeness (QED) is 0.851. The Labute approximate surface area is 102 Å². The Morgan fingerprint density at radius 3 is 2.67 bits per heavy atom. The Hall–Kier alpha value is -1.50. The van der Waals surface area contributed by atoms with Crippen molar-refractivity contribution in [1.82, 2.24) is 4.98 Å². The van der Waals surface area contributed by atoms with Crippen molar-refractivity contribution in [3.8, 4) is 0 Å². The summed E-state index contributed by atoms with van der Waals surface area (Å²) in [4.78, 5) is 5.74. The molecule has 1 aliphatic heterocycles. The molecule has 1 fully saturated rings. The lowest BCUT2D eigenvalue weighted by atomic mass is 10.2. The molecule has 0 aliphatic carbocycles. The van der Waals surface area contributed by atoms with E-state index in [1.54, 1.807) is 4.90 Å². The van der Waals surface area contributed by atoms with E-state index in [2.05, 4.69) is 10.3 Å². The summed E-state index contributed by atoms with van der Waals surface area (Å²) >= 11 is 0. The molecule has 0 bridgehead atoms. The van der Waals surface area contributed by atoms with Gasteiger partial charge in [-0.25, -0.2) is 4.98 Å². The maximum Gasteiger partial charge on any atom is 0.416 e. The lowest BCUT2D eigenvalue weighted by Crippen LogP contribution is -2.23. The normalized spacial score (nSPS) is 20.3. The highest BCUT2D eigenvalue weighted by atomic mass is 19.4. The van der Waals surface area contributed by atoms with Gasteiger partial charge >= 0.3 is 6.18 Å². The fraction of sp³-hybridized carbons (Fsp3) is 0.545. The van der Waals surface area contributed by atoms with Gasteiger partial charge in [-0.1, -0.05) is 0 Å². The molecule has 2 heterocycles. The van der Waals surface area contributed by atoms with Crippen LogP contribution in [0.3, 0.4) is 0 Å². The van der Waals surface area contributed by atoms with Crippen molar-refractivity contribution in [2.24, 2.45) is 0 Å². The molecule has 0 saturated carbocycles. The lowest BCUT2D eigenvalue weighted by molar-refractivity contribution is -0.137. The Kier molecular flexibility index (Phi) is 3.34. The summed E-state index contributed by atoms with van der Waals surface area (Å²) in [6, 6.07) is 1.98. The second-order valence-electron chi connectivity index (χ2n) is 4.24. The number of hydrogen-bond acceptors (Lipinski definition) is 4. The third kappa shape index (κ3) is 2.66. The molecular formula is C11H14F3N3O. The van der Waals surface area contributed by atoms with Gasteiger partial charge in [0, 0.05) is 20.1 Å². The summed E-state index contributed by atoms with van der Waals surface area (Å²) in [6.07, 6.45) is -4.35. The number of aliphatic hydroxyl groups is 1. The van der Waals surface area contributed by atoms with Crippen LogP contribution in [0.2, 0.25) is 0 Å². The molecule has 1 aromatic rings. The Morgan fingerprint density at radius 1 is 1.44 bits per heavy atom. The van der Waals surface area contributed by atoms with E-state index < -0.39 is 17.8 Å². The zero-order chi connectivity index (χ0) is 13.3. The minimum Gasteiger partial charge on any atom is -0.391 e. The second kappa shape index (κ2) is 4.64. The first kappa shape index (κ1) is 12.9. The molecule has 2 N–H and O–H groups in total. The van der Waals surface area contributed by atoms with E-state index >= 15 is 0 Å². The van der Waals surface area contributed by atoms with Gasteiger partial charge in [0.1, 0.15) is 11.6 Å². The maximum atomic E-state index is 12.7. The van der Waals surface area contributed by atoms with Crippen molar-refractivity contribution in [3.05, 3.63) is 17.7 Å². The molecule has 1 saturated heterocycles. The fourth-order valence-corrected chi connectivity index (χ4v) is 1.92. The van der Waals surface area contributed by atoms with Crippen LogP contribution < -0.4 is 10.2 Å². The third-order valence-corrected chi connectivity index (χ3v) is 2.88. The number of halogens is 3. The molecule has 0 aromatic carbocycles. The van der Waals surface area contributed by atoms with Crippen molar-refractivity contribution in [3.63, 3.8) is 0 Å². The first-order valence-corrected chi connectivity index (χ1v) is 5.60. The third-order valence-electron chi connectivity index (χ3n) is 2.88. The SMILES string of the molecule is CNc1cc(C(F)(F)F)cc(N2CCC(O)C2)n1. The predicted octanol–water partition coefficient (Wildman–Crippen LogP) is 1.71. The number of hydrogen-bond donors (Lipinski definition) is 2. The minimum atomic E-state index is -4.40. The van der Waals surface area contributed by atoms with Crippen LogP contribution in [0.15, 0.2) is 12.1 Å². The minimum absolute atomic E-state index is 0.168. The van der Waals surface area contributed by atoms with Crippen LogP contribution in [-0.2, 0) is 6.18 Å². The zero-order valence-corrected chi connectivity index (χ0v) is 9.83. The lowest BCUT2D eigenvalue weighted by Gasteiger charge is -2.19. The number of alkyl halides is 3. The number of β-amino-alcohol motifs (C(OH)–C–C–N with tert-alkyl or cyclic N) is 1. The molecular weight excluding hydrogens is 247 g/mol. The van der Waals surface area contributed by atoms with Gasteiger partial charge in [-0.15, -0.1) is 0 Å². The highest BCUT2D eigenvalue weighted by Gasteiger charge is 2.33. The summed E-state index contributed by atoms with van der Waals surface area (Å²) in [5.74, 6) is 0.409. The summed E-state index contributed by atoms with van der Waals surface area (Å²) in [6.45, 7) is 0.829. The van der Waals surface area contributed by atoms with E-state index in [1.807, 2.05) is 0 Å². The molecule has 4 nitrogen and oxygen atoms in total. The van der Waals surface area contributed by atoms with E-state index in [9.17, 15) is 18.3 Å². The Bertz CT molecular complexity index is 436. The summed E-state index contributed by atoms with van der Waals surface area (Å²) < 4.78 is 38.2. The molecule has 2 rings (SSSR count). The van der Waals surface area contributed by atoms with E-state index in [0.29, 0.717) is 19.5 Å². The number of nitrogens with zero attached hydrogens (tertiary/aromatic N) is 2. The largest absolute Gasteiger partial charge is 0.416 e. The molecule has 100 valence electrons. The molecule has 7 heteroatoms. The van der Waals surface area contributed by atoms with Gasteiger partial charge in [-0.3, -0.25) is 0 Å². The van der Waals surface area contributed by atoms with Crippen molar-refractivity contribution < 1.29 is 18.3 Å². The summed E-state index contributed by atoms with van der Waals surface area (Å²) in [5, 5.41) is 12.0. The van der Waals surface area contributed by atoms with Gasteiger partial charge in [-0.05, 0) is 18.6 Å². The predicted molar refractivity (Wildman–Crippen MR) is 61.6 cm³/mol. The molecule has 18 heavy (non-hydrogen) atoms. The molecule has 0 radical (unpaired) electrons. The number of rotatable bonds is 2. The van der Waals surface area contributed by atoms with Crippen LogP contribution in [0.1, 0.15) is 12.0 Å². The van der Waals surface area contributed by atoms with Gasteiger partial charge in [0.05, 0.1) is 11.7 Å². The van der Waals surface area contributed by atoms with E-state index in [0.717, 1.165) is 12.1 Å². The van der Waals surface area contributed by atoms with Crippen LogP contribution >= 0.6 is 0 Å². The number of anilines is 2. The van der Waals surface area contributed by atoms with Gasteiger partial charge in [0.2, 0.25) is 0 Å². The van der Waals surface area contributed by atoms with Crippen LogP contribution in [0.25, 0.3) is 0 Å². The average Bonchev–Trinajstić information content (AvgIpc) is 2.74. The first-order valence-electron chi connectivity index (χ1n) is 5.60. The monoisotopic (exact) mass is 261 g/mol. The molecule has 1 atom stereocenters. The number of aromatic nitrogens is 1. The molecule has 0 amide bonds. The van der Waals surface area contributed by atoms with Crippen molar-refractivity contribution in [2.45, 2.75) is 18.7 Å². The summed E-state index contributed by atoms with van der Waals surface area (Å²) in [7, 11) is 1.52. The Balaban J connectivity index is 2.35. The van der Waals surface area contributed by atoms with E-state index in [1.165, 1.54) is 7.05 Å². The smallest absolute Gasteiger partial charge is 0.391 e. The molecule has 1 aliphatic rings. The van der Waals surface area contributed by atoms with Crippen molar-refractivity contribution in [2.75, 3.05) is 30.4 Å². The highest BCUT2D eigenvalue weighted by Crippen LogP contribution is 2.33. The number of nitrogens with one attached hydrogen (secondary N) is 1. The van der Waals surface area contributed by atoms with E-state index in [-0.39, 0.29) is 11.6 Å². The van der Waals surface area contributed by atoms with Crippen LogP contribution in [-0.4, -0.2) is 36.3 Å². The maximum absolute atomic E-state index is 12.7. The molecule has 1 aromatic heterocycles. The standard InChI is InChI=1S/C11H14F3N3O/c1-15-9-4-7(11(12,13)14)5-10(16-9)17-3-2-8(18)6-17/h4-5,8,18H,2-3,6H2,1H3,(H,15,16). The number of pyridine rings is 1. The molecule has 0 spiro atoms. The summed E-state index contributed by atoms with van der Waals surface area (Å²) in [5.41, 5.74) is -0.738. The highest BCUT2D eigenvalue weighted by molar-refractivity contribution is 5.51. The van der Waals surface area contributed by atoms with Gasteiger partial charge in [-0.2, -0.15) is 13.2 Å². The van der Waals surface area contributed by atoms with Gasteiger partial charge < -0.3 is 15.3 Å². The van der Waals surface area contributed by atoms with E-state index in [4.69, 9.17) is 0 Å². The average molecular weight is 261 g/mol. The van der Waals surface area contributed by atoms with Crippen LogP contribution in [0, 0.1) is 0 Å². The topological polar surface area (TPSA) is 48.4 Å². The first-order chi connectivity index (χ1) is 8.40. The Morgan fingerprint density at radius 2 is 2.17 bits per heavy atom. The molecule has 1 unspecified atom stereocenters. The fourth-order valence-electron chi connectivity index (χ4n) is 1.92. The van der Waals surface area contributed by atoms with Crippen molar-refractivity contribution in [1.29, 1.82) is 0 Å².